The molecule has 24 heavy (non-hydrogen) atoms. The molecule has 1 unspecified atom stereocenters. The maximum Gasteiger partial charge on any atom is 0.319 e. The maximum absolute atomic E-state index is 12.4. The summed E-state index contributed by atoms with van der Waals surface area (Å²) in [5.74, 6) is 1.34. The van der Waals surface area contributed by atoms with E-state index >= 15 is 0 Å². The van der Waals surface area contributed by atoms with Crippen LogP contribution in [-0.4, -0.2) is 13.1 Å². The van der Waals surface area contributed by atoms with E-state index in [1.54, 1.807) is 7.11 Å². The van der Waals surface area contributed by atoms with Gasteiger partial charge in [-0.3, -0.25) is 0 Å². The van der Waals surface area contributed by atoms with Crippen LogP contribution in [-0.2, 0) is 0 Å². The minimum atomic E-state index is -0.158. The Hall–Kier alpha value is -2.49. The minimum Gasteiger partial charge on any atom is -0.497 e. The summed E-state index contributed by atoms with van der Waals surface area (Å²) in [5, 5.41) is 6.10. The Morgan fingerprint density at radius 3 is 2.42 bits per heavy atom. The van der Waals surface area contributed by atoms with Crippen molar-refractivity contribution in [3.63, 3.8) is 0 Å². The van der Waals surface area contributed by atoms with Gasteiger partial charge in [-0.2, -0.15) is 0 Å². The van der Waals surface area contributed by atoms with E-state index in [1.165, 1.54) is 5.56 Å². The van der Waals surface area contributed by atoms with Crippen molar-refractivity contribution in [2.75, 3.05) is 12.4 Å². The number of hydrogen-bond acceptors (Lipinski definition) is 2. The Bertz CT molecular complexity index is 721. The lowest BCUT2D eigenvalue weighted by atomic mass is 10.0. The van der Waals surface area contributed by atoms with Crippen LogP contribution in [0.5, 0.6) is 5.75 Å². The van der Waals surface area contributed by atoms with Gasteiger partial charge in [0.1, 0.15) is 5.75 Å². The van der Waals surface area contributed by atoms with Gasteiger partial charge in [-0.15, -0.1) is 0 Å². The van der Waals surface area contributed by atoms with Crippen molar-refractivity contribution in [2.24, 2.45) is 5.92 Å². The van der Waals surface area contributed by atoms with Crippen LogP contribution in [0.3, 0.4) is 0 Å². The molecule has 0 radical (unpaired) electrons. The van der Waals surface area contributed by atoms with Gasteiger partial charge >= 0.3 is 6.03 Å². The summed E-state index contributed by atoms with van der Waals surface area (Å²) in [4.78, 5) is 12.4. The fourth-order valence-electron chi connectivity index (χ4n) is 2.97. The topological polar surface area (TPSA) is 50.4 Å². The molecule has 126 valence electrons. The van der Waals surface area contributed by atoms with E-state index in [1.807, 2.05) is 50.2 Å². The molecule has 1 fully saturated rings. The van der Waals surface area contributed by atoms with Crippen LogP contribution < -0.4 is 15.4 Å². The first-order chi connectivity index (χ1) is 11.6. The third-order valence-corrected chi connectivity index (χ3v) is 4.49. The molecule has 1 aliphatic rings. The molecular formula is C20H24N2O2. The first-order valence-corrected chi connectivity index (χ1v) is 8.35. The molecule has 4 nitrogen and oxygen atoms in total. The number of benzene rings is 2. The van der Waals surface area contributed by atoms with Crippen molar-refractivity contribution >= 4 is 11.7 Å². The molecule has 0 saturated heterocycles. The summed E-state index contributed by atoms with van der Waals surface area (Å²) in [6, 6.07) is 13.8. The van der Waals surface area contributed by atoms with Crippen LogP contribution in [0, 0.1) is 19.8 Å². The molecule has 2 amide bonds. The molecule has 1 saturated carbocycles. The summed E-state index contributed by atoms with van der Waals surface area (Å²) in [7, 11) is 1.66. The zero-order chi connectivity index (χ0) is 17.1. The molecule has 2 aromatic carbocycles. The Morgan fingerprint density at radius 1 is 1.12 bits per heavy atom. The smallest absolute Gasteiger partial charge is 0.319 e. The number of amides is 2. The van der Waals surface area contributed by atoms with Crippen LogP contribution in [0.15, 0.2) is 42.5 Å². The van der Waals surface area contributed by atoms with Crippen molar-refractivity contribution in [3.05, 3.63) is 59.2 Å². The van der Waals surface area contributed by atoms with E-state index in [9.17, 15) is 4.79 Å². The van der Waals surface area contributed by atoms with E-state index < -0.39 is 0 Å². The Morgan fingerprint density at radius 2 is 1.83 bits per heavy atom. The summed E-state index contributed by atoms with van der Waals surface area (Å²) in [6.45, 7) is 4.05. The van der Waals surface area contributed by atoms with Gasteiger partial charge in [0.25, 0.3) is 0 Å². The second-order valence-corrected chi connectivity index (χ2v) is 6.51. The highest BCUT2D eigenvalue weighted by Gasteiger charge is 2.33. The van der Waals surface area contributed by atoms with Crippen molar-refractivity contribution in [2.45, 2.75) is 32.7 Å². The van der Waals surface area contributed by atoms with Crippen molar-refractivity contribution in [1.29, 1.82) is 0 Å². The second-order valence-electron chi connectivity index (χ2n) is 6.51. The fraction of sp³-hybridized carbons (Fsp3) is 0.350. The van der Waals surface area contributed by atoms with Crippen molar-refractivity contribution < 1.29 is 9.53 Å². The number of aryl methyl sites for hydroxylation is 2. The molecule has 4 heteroatoms. The van der Waals surface area contributed by atoms with Gasteiger partial charge in [-0.25, -0.2) is 4.79 Å². The first-order valence-electron chi connectivity index (χ1n) is 8.35. The average molecular weight is 324 g/mol. The van der Waals surface area contributed by atoms with Gasteiger partial charge in [-0.1, -0.05) is 29.8 Å². The highest BCUT2D eigenvalue weighted by molar-refractivity contribution is 5.90. The zero-order valence-electron chi connectivity index (χ0n) is 14.4. The fourth-order valence-corrected chi connectivity index (χ4v) is 2.97. The highest BCUT2D eigenvalue weighted by Crippen LogP contribution is 2.41. The molecule has 0 aliphatic heterocycles. The molecule has 2 aromatic rings. The maximum atomic E-state index is 12.4. The van der Waals surface area contributed by atoms with Crippen molar-refractivity contribution in [3.8, 4) is 5.75 Å². The third-order valence-electron chi connectivity index (χ3n) is 4.49. The second kappa shape index (κ2) is 6.95. The molecule has 1 atom stereocenters. The number of ether oxygens (including phenoxy) is 1. The summed E-state index contributed by atoms with van der Waals surface area (Å²) < 4.78 is 5.21. The van der Waals surface area contributed by atoms with E-state index in [0.717, 1.165) is 35.4 Å². The van der Waals surface area contributed by atoms with Crippen LogP contribution in [0.2, 0.25) is 0 Å². The number of carbonyl (C=O) groups excluding carboxylic acids is 1. The average Bonchev–Trinajstić information content (AvgIpc) is 3.40. The van der Waals surface area contributed by atoms with E-state index in [0.29, 0.717) is 5.92 Å². The van der Waals surface area contributed by atoms with Gasteiger partial charge < -0.3 is 15.4 Å². The van der Waals surface area contributed by atoms with Gasteiger partial charge in [0.05, 0.1) is 13.2 Å². The van der Waals surface area contributed by atoms with E-state index in [-0.39, 0.29) is 12.1 Å². The van der Waals surface area contributed by atoms with E-state index in [4.69, 9.17) is 4.74 Å². The number of hydrogen-bond donors (Lipinski definition) is 2. The van der Waals surface area contributed by atoms with Crippen molar-refractivity contribution in [1.82, 2.24) is 5.32 Å². The molecule has 0 aromatic heterocycles. The van der Waals surface area contributed by atoms with Crippen LogP contribution in [0.1, 0.15) is 35.6 Å². The van der Waals surface area contributed by atoms with Crippen LogP contribution in [0.4, 0.5) is 10.5 Å². The molecular weight excluding hydrogens is 300 g/mol. The minimum absolute atomic E-state index is 0.0432. The summed E-state index contributed by atoms with van der Waals surface area (Å²) in [5.41, 5.74) is 4.22. The molecule has 0 heterocycles. The number of anilines is 1. The summed E-state index contributed by atoms with van der Waals surface area (Å²) >= 11 is 0. The molecule has 2 N–H and O–H groups in total. The Kier molecular flexibility index (Phi) is 4.74. The number of rotatable bonds is 5. The first kappa shape index (κ1) is 16.4. The van der Waals surface area contributed by atoms with Gasteiger partial charge in [0.2, 0.25) is 0 Å². The molecule has 3 rings (SSSR count). The largest absolute Gasteiger partial charge is 0.497 e. The zero-order valence-corrected chi connectivity index (χ0v) is 14.4. The quantitative estimate of drug-likeness (QED) is 0.845. The molecule has 1 aliphatic carbocycles. The Labute approximate surface area is 143 Å². The lowest BCUT2D eigenvalue weighted by Gasteiger charge is -2.20. The van der Waals surface area contributed by atoms with E-state index in [2.05, 4.69) is 16.7 Å². The molecule has 0 bridgehead atoms. The predicted molar refractivity (Wildman–Crippen MR) is 96.5 cm³/mol. The monoisotopic (exact) mass is 324 g/mol. The predicted octanol–water partition coefficient (Wildman–Crippen LogP) is 4.58. The normalized spacial score (nSPS) is 14.8. The SMILES string of the molecule is COc1ccc(C(NC(=O)Nc2ccc(C)cc2C)C2CC2)cc1. The van der Waals surface area contributed by atoms with Gasteiger partial charge in [-0.05, 0) is 61.9 Å². The van der Waals surface area contributed by atoms with Crippen LogP contribution in [0.25, 0.3) is 0 Å². The number of carbonyl (C=O) groups is 1. The highest BCUT2D eigenvalue weighted by atomic mass is 16.5. The van der Waals surface area contributed by atoms with Crippen LogP contribution >= 0.6 is 0 Å². The van der Waals surface area contributed by atoms with Gasteiger partial charge in [0.15, 0.2) is 0 Å². The molecule has 0 spiro atoms. The standard InChI is InChI=1S/C20H24N2O2/c1-13-4-11-18(14(2)12-13)21-20(23)22-19(15-5-6-15)16-7-9-17(24-3)10-8-16/h4,7-12,15,19H,5-6H2,1-3H3,(H2,21,22,23). The number of urea groups is 1. The summed E-state index contributed by atoms with van der Waals surface area (Å²) in [6.07, 6.45) is 2.31. The van der Waals surface area contributed by atoms with Gasteiger partial charge in [0, 0.05) is 5.69 Å². The lowest BCUT2D eigenvalue weighted by molar-refractivity contribution is 0.247. The lowest BCUT2D eigenvalue weighted by Crippen LogP contribution is -2.33. The number of nitrogens with one attached hydrogen (secondary N) is 2. The third kappa shape index (κ3) is 3.88. The Balaban J connectivity index is 1.69. The number of methoxy groups -OCH3 is 1.